The number of amides is 1. The molecule has 20 heavy (non-hydrogen) atoms. The molecule has 1 amide bonds. The van der Waals surface area contributed by atoms with Gasteiger partial charge in [-0.15, -0.1) is 0 Å². The van der Waals surface area contributed by atoms with Crippen molar-refractivity contribution in [2.45, 2.75) is 24.9 Å². The number of halogens is 1. The van der Waals surface area contributed by atoms with Crippen LogP contribution in [0.15, 0.2) is 40.0 Å². The van der Waals surface area contributed by atoms with Gasteiger partial charge in [-0.05, 0) is 28.8 Å². The van der Waals surface area contributed by atoms with Gasteiger partial charge >= 0.3 is 0 Å². The van der Waals surface area contributed by atoms with Gasteiger partial charge in [0.25, 0.3) is 0 Å². The molecule has 0 saturated heterocycles. The van der Waals surface area contributed by atoms with Crippen LogP contribution in [0.1, 0.15) is 18.5 Å². The number of nitrogens with zero attached hydrogens (tertiary/aromatic N) is 2. The average molecular weight is 337 g/mol. The highest BCUT2D eigenvalue weighted by atomic mass is 79.9. The van der Waals surface area contributed by atoms with Crippen molar-refractivity contribution in [1.29, 1.82) is 0 Å². The number of rotatable bonds is 4. The monoisotopic (exact) mass is 336 g/mol. The number of H-pyrrole nitrogens is 1. The Bertz CT molecular complexity index is 702. The second-order valence-corrected chi connectivity index (χ2v) is 5.78. The van der Waals surface area contributed by atoms with E-state index in [9.17, 15) is 9.59 Å². The van der Waals surface area contributed by atoms with E-state index in [0.29, 0.717) is 12.2 Å². The molecule has 0 spiro atoms. The maximum Gasteiger partial charge on any atom is 0.248 e. The van der Waals surface area contributed by atoms with Crippen molar-refractivity contribution >= 4 is 21.8 Å². The molecule has 1 fully saturated rings. The summed E-state index contributed by atoms with van der Waals surface area (Å²) in [4.78, 5) is 26.5. The SMILES string of the molecule is O=C(NCc1cc(=O)cc[nH]1)C1(n2cc(Br)cn2)CC1. The Labute approximate surface area is 123 Å². The molecule has 7 heteroatoms. The minimum absolute atomic E-state index is 0.0715. The predicted octanol–water partition coefficient (Wildman–Crippen LogP) is 1.14. The van der Waals surface area contributed by atoms with Crippen molar-refractivity contribution in [3.05, 3.63) is 51.1 Å². The zero-order valence-electron chi connectivity index (χ0n) is 10.6. The molecule has 2 aromatic heterocycles. The van der Waals surface area contributed by atoms with Gasteiger partial charge in [0.1, 0.15) is 5.54 Å². The van der Waals surface area contributed by atoms with Crippen LogP contribution in [0.3, 0.4) is 0 Å². The first-order valence-corrected chi connectivity index (χ1v) is 7.06. The van der Waals surface area contributed by atoms with Crippen molar-refractivity contribution in [3.63, 3.8) is 0 Å². The summed E-state index contributed by atoms with van der Waals surface area (Å²) in [5, 5.41) is 7.04. The second-order valence-electron chi connectivity index (χ2n) is 4.87. The number of nitrogens with one attached hydrogen (secondary N) is 2. The molecule has 104 valence electrons. The van der Waals surface area contributed by atoms with Crippen LogP contribution in [-0.4, -0.2) is 20.7 Å². The van der Waals surface area contributed by atoms with Gasteiger partial charge in [-0.2, -0.15) is 5.10 Å². The second kappa shape index (κ2) is 4.90. The number of carbonyl (C=O) groups excluding carboxylic acids is 1. The third-order valence-electron chi connectivity index (χ3n) is 3.41. The fraction of sp³-hybridized carbons (Fsp3) is 0.308. The molecule has 0 unspecified atom stereocenters. The van der Waals surface area contributed by atoms with E-state index in [1.807, 2.05) is 0 Å². The molecular weight excluding hydrogens is 324 g/mol. The van der Waals surface area contributed by atoms with Crippen LogP contribution in [-0.2, 0) is 16.9 Å². The summed E-state index contributed by atoms with van der Waals surface area (Å²) in [6, 6.07) is 2.92. The minimum atomic E-state index is -0.568. The molecule has 1 aliphatic carbocycles. The maximum absolute atomic E-state index is 12.3. The molecule has 0 aliphatic heterocycles. The zero-order chi connectivity index (χ0) is 14.2. The van der Waals surface area contributed by atoms with E-state index in [0.717, 1.165) is 17.3 Å². The van der Waals surface area contributed by atoms with Gasteiger partial charge in [-0.3, -0.25) is 14.3 Å². The quantitative estimate of drug-likeness (QED) is 0.878. The number of carbonyl (C=O) groups is 1. The fourth-order valence-electron chi connectivity index (χ4n) is 2.15. The van der Waals surface area contributed by atoms with Crippen LogP contribution in [0.5, 0.6) is 0 Å². The first-order valence-electron chi connectivity index (χ1n) is 6.27. The predicted molar refractivity (Wildman–Crippen MR) is 76.0 cm³/mol. The van der Waals surface area contributed by atoms with Crippen LogP contribution in [0, 0.1) is 0 Å². The first kappa shape index (κ1) is 13.1. The van der Waals surface area contributed by atoms with Gasteiger partial charge in [0.05, 0.1) is 17.2 Å². The number of aromatic amines is 1. The van der Waals surface area contributed by atoms with E-state index in [1.54, 1.807) is 23.3 Å². The topological polar surface area (TPSA) is 79.8 Å². The van der Waals surface area contributed by atoms with Gasteiger partial charge in [0, 0.05) is 30.2 Å². The normalized spacial score (nSPS) is 15.8. The number of hydrogen-bond acceptors (Lipinski definition) is 3. The summed E-state index contributed by atoms with van der Waals surface area (Å²) in [7, 11) is 0. The molecule has 0 radical (unpaired) electrons. The summed E-state index contributed by atoms with van der Waals surface area (Å²) in [6.45, 7) is 0.305. The van der Waals surface area contributed by atoms with Crippen LogP contribution in [0.2, 0.25) is 0 Å². The number of hydrogen-bond donors (Lipinski definition) is 2. The molecule has 0 bridgehead atoms. The van der Waals surface area contributed by atoms with Crippen LogP contribution in [0.25, 0.3) is 0 Å². The molecule has 6 nitrogen and oxygen atoms in total. The largest absolute Gasteiger partial charge is 0.363 e. The van der Waals surface area contributed by atoms with E-state index in [2.05, 4.69) is 31.3 Å². The smallest absolute Gasteiger partial charge is 0.248 e. The van der Waals surface area contributed by atoms with Gasteiger partial charge < -0.3 is 10.3 Å². The maximum atomic E-state index is 12.3. The van der Waals surface area contributed by atoms with E-state index in [-0.39, 0.29) is 11.3 Å². The Morgan fingerprint density at radius 2 is 2.35 bits per heavy atom. The summed E-state index contributed by atoms with van der Waals surface area (Å²) in [5.41, 5.74) is 0.0367. The van der Waals surface area contributed by atoms with Crippen molar-refractivity contribution in [2.75, 3.05) is 0 Å². The highest BCUT2D eigenvalue weighted by molar-refractivity contribution is 9.10. The Kier molecular flexibility index (Phi) is 3.21. The lowest BCUT2D eigenvalue weighted by Gasteiger charge is -2.15. The third-order valence-corrected chi connectivity index (χ3v) is 3.82. The lowest BCUT2D eigenvalue weighted by atomic mass is 10.2. The highest BCUT2D eigenvalue weighted by Crippen LogP contribution is 2.43. The number of pyridine rings is 1. The van der Waals surface area contributed by atoms with Crippen molar-refractivity contribution in [2.24, 2.45) is 0 Å². The first-order chi connectivity index (χ1) is 9.60. The van der Waals surface area contributed by atoms with Crippen LogP contribution >= 0.6 is 15.9 Å². The van der Waals surface area contributed by atoms with Crippen LogP contribution in [0.4, 0.5) is 0 Å². The third kappa shape index (κ3) is 2.40. The van der Waals surface area contributed by atoms with E-state index in [4.69, 9.17) is 0 Å². The lowest BCUT2D eigenvalue weighted by Crippen LogP contribution is -2.38. The van der Waals surface area contributed by atoms with E-state index < -0.39 is 5.54 Å². The Balaban J connectivity index is 1.69. The van der Waals surface area contributed by atoms with Gasteiger partial charge in [-0.25, -0.2) is 0 Å². The Morgan fingerprint density at radius 1 is 1.55 bits per heavy atom. The molecule has 2 heterocycles. The molecule has 1 aliphatic rings. The molecule has 1 saturated carbocycles. The van der Waals surface area contributed by atoms with Gasteiger partial charge in [0.15, 0.2) is 5.43 Å². The number of aromatic nitrogens is 3. The molecule has 2 N–H and O–H groups in total. The van der Waals surface area contributed by atoms with Gasteiger partial charge in [-0.1, -0.05) is 0 Å². The van der Waals surface area contributed by atoms with Crippen molar-refractivity contribution in [3.8, 4) is 0 Å². The average Bonchev–Trinajstić information content (AvgIpc) is 3.13. The minimum Gasteiger partial charge on any atom is -0.363 e. The van der Waals surface area contributed by atoms with Crippen LogP contribution < -0.4 is 10.7 Å². The summed E-state index contributed by atoms with van der Waals surface area (Å²) in [6.07, 6.45) is 6.59. The molecule has 3 rings (SSSR count). The molecule has 0 atom stereocenters. The Hall–Kier alpha value is -1.89. The lowest BCUT2D eigenvalue weighted by molar-refractivity contribution is -0.126. The zero-order valence-corrected chi connectivity index (χ0v) is 12.2. The summed E-state index contributed by atoms with van der Waals surface area (Å²) >= 11 is 3.33. The van der Waals surface area contributed by atoms with Crippen molar-refractivity contribution < 1.29 is 4.79 Å². The van der Waals surface area contributed by atoms with E-state index >= 15 is 0 Å². The van der Waals surface area contributed by atoms with E-state index in [1.165, 1.54) is 12.1 Å². The fourth-order valence-corrected chi connectivity index (χ4v) is 2.43. The Morgan fingerprint density at radius 3 is 2.95 bits per heavy atom. The van der Waals surface area contributed by atoms with Crippen molar-refractivity contribution in [1.82, 2.24) is 20.1 Å². The standard InChI is InChI=1S/C13H13BrN4O2/c14-9-6-17-18(8-9)13(2-3-13)12(20)16-7-10-5-11(19)1-4-15-10/h1,4-6,8H,2-3,7H2,(H,15,19)(H,16,20). The highest BCUT2D eigenvalue weighted by Gasteiger charge is 2.52. The van der Waals surface area contributed by atoms with Gasteiger partial charge in [0.2, 0.25) is 5.91 Å². The summed E-state index contributed by atoms with van der Waals surface area (Å²) < 4.78 is 2.55. The molecular formula is C13H13BrN4O2. The molecule has 2 aromatic rings. The molecule has 0 aromatic carbocycles. The summed E-state index contributed by atoms with van der Waals surface area (Å²) in [5.74, 6) is -0.0715.